The van der Waals surface area contributed by atoms with Crippen molar-refractivity contribution in [1.29, 1.82) is 0 Å². The topological polar surface area (TPSA) is 53.5 Å². The smallest absolute Gasteiger partial charge is 0.169 e. The Morgan fingerprint density at radius 3 is 2.44 bits per heavy atom. The molecule has 0 saturated heterocycles. The number of halogens is 2. The van der Waals surface area contributed by atoms with Crippen molar-refractivity contribution in [2.24, 2.45) is 5.10 Å². The van der Waals surface area contributed by atoms with Crippen molar-refractivity contribution < 1.29 is 13.5 Å². The maximum atomic E-state index is 14.2. The summed E-state index contributed by atoms with van der Waals surface area (Å²) in [4.78, 5) is 7.51. The Morgan fingerprint density at radius 1 is 0.971 bits per heavy atom. The van der Waals surface area contributed by atoms with Crippen LogP contribution in [0.2, 0.25) is 0 Å². The van der Waals surface area contributed by atoms with Crippen molar-refractivity contribution in [2.45, 2.75) is 26.4 Å². The van der Waals surface area contributed by atoms with Gasteiger partial charge in [0, 0.05) is 0 Å². The molecule has 0 unspecified atom stereocenters. The quantitative estimate of drug-likeness (QED) is 0.361. The molecule has 0 saturated carbocycles. The molecule has 1 aromatic heterocycles. The molecule has 5 rings (SSSR count). The van der Waals surface area contributed by atoms with Crippen LogP contribution in [-0.2, 0) is 13.1 Å². The Kier molecular flexibility index (Phi) is 6.08. The molecule has 1 aliphatic heterocycles. The zero-order valence-corrected chi connectivity index (χ0v) is 18.8. The summed E-state index contributed by atoms with van der Waals surface area (Å²) in [6.45, 7) is 3.92. The van der Waals surface area contributed by atoms with Gasteiger partial charge in [-0.25, -0.2) is 13.8 Å². The summed E-state index contributed by atoms with van der Waals surface area (Å²) in [5, 5.41) is 6.38. The van der Waals surface area contributed by atoms with Crippen LogP contribution in [0.4, 0.5) is 8.78 Å². The molecule has 4 aromatic rings. The summed E-state index contributed by atoms with van der Waals surface area (Å²) in [6.07, 6.45) is 2.63. The number of nitrogens with zero attached hydrogens (tertiary/aromatic N) is 3. The summed E-state index contributed by atoms with van der Waals surface area (Å²) in [6, 6.07) is 20.5. The second-order valence-electron chi connectivity index (χ2n) is 8.19. The molecule has 5 nitrogen and oxygen atoms in total. The number of rotatable bonds is 7. The zero-order valence-electron chi connectivity index (χ0n) is 18.8. The first-order valence-electron chi connectivity index (χ1n) is 11.2. The molecule has 0 atom stereocenters. The minimum absolute atomic E-state index is 0.106. The van der Waals surface area contributed by atoms with Gasteiger partial charge in [-0.3, -0.25) is 5.01 Å². The van der Waals surface area contributed by atoms with Gasteiger partial charge in [-0.15, -0.1) is 0 Å². The van der Waals surface area contributed by atoms with Crippen LogP contribution < -0.4 is 4.74 Å². The second-order valence-corrected chi connectivity index (χ2v) is 8.19. The fraction of sp³-hybridized carbons (Fsp3) is 0.185. The van der Waals surface area contributed by atoms with Gasteiger partial charge in [0.1, 0.15) is 17.3 Å². The molecule has 7 heteroatoms. The molecule has 0 bridgehead atoms. The van der Waals surface area contributed by atoms with Crippen LogP contribution in [0.15, 0.2) is 71.8 Å². The number of hydrogen-bond donors (Lipinski definition) is 1. The van der Waals surface area contributed by atoms with Crippen molar-refractivity contribution in [3.8, 4) is 28.3 Å². The first-order valence-corrected chi connectivity index (χ1v) is 11.2. The predicted molar refractivity (Wildman–Crippen MR) is 128 cm³/mol. The molecular weight excluding hydrogens is 434 g/mol. The van der Waals surface area contributed by atoms with E-state index in [0.29, 0.717) is 24.6 Å². The lowest BCUT2D eigenvalue weighted by Crippen LogP contribution is -2.21. The number of fused-ring (bicyclic) bond motifs is 1. The molecular formula is C27H24F2N4O. The van der Waals surface area contributed by atoms with Crippen LogP contribution in [0.25, 0.3) is 22.5 Å². The highest BCUT2D eigenvalue weighted by Crippen LogP contribution is 2.26. The van der Waals surface area contributed by atoms with E-state index in [1.54, 1.807) is 6.21 Å². The molecule has 34 heavy (non-hydrogen) atoms. The lowest BCUT2D eigenvalue weighted by atomic mass is 10.0. The third kappa shape index (κ3) is 4.55. The van der Waals surface area contributed by atoms with E-state index in [1.165, 1.54) is 12.1 Å². The standard InChI is InChI=1S/C27H24F2N4O/c1-2-14-34-21-12-10-20(11-13-21)19-8-6-18(7-9-19)16-33-17-25-24(15-30-33)31-27(32-25)22-4-3-5-23(28)26(22)29/h3-13,15H,2,14,16-17H2,1H3,(H,31,32). The van der Waals surface area contributed by atoms with E-state index in [4.69, 9.17) is 4.74 Å². The number of benzene rings is 3. The van der Waals surface area contributed by atoms with Crippen LogP contribution in [-0.4, -0.2) is 27.8 Å². The Hall–Kier alpha value is -4.00. The van der Waals surface area contributed by atoms with E-state index >= 15 is 0 Å². The van der Waals surface area contributed by atoms with Gasteiger partial charge >= 0.3 is 0 Å². The highest BCUT2D eigenvalue weighted by atomic mass is 19.2. The van der Waals surface area contributed by atoms with Crippen LogP contribution in [0.3, 0.4) is 0 Å². The van der Waals surface area contributed by atoms with Crippen LogP contribution in [0.1, 0.15) is 30.3 Å². The molecule has 0 radical (unpaired) electrons. The van der Waals surface area contributed by atoms with E-state index in [1.807, 2.05) is 17.1 Å². The first kappa shape index (κ1) is 21.8. The van der Waals surface area contributed by atoms with Crippen LogP contribution >= 0.6 is 0 Å². The number of hydrazone groups is 1. The van der Waals surface area contributed by atoms with Gasteiger partial charge in [-0.2, -0.15) is 5.10 Å². The number of hydrogen-bond acceptors (Lipinski definition) is 4. The second kappa shape index (κ2) is 9.47. The van der Waals surface area contributed by atoms with Gasteiger partial charge in [-0.05, 0) is 47.4 Å². The van der Waals surface area contributed by atoms with Crippen molar-refractivity contribution in [2.75, 3.05) is 6.61 Å². The van der Waals surface area contributed by atoms with Gasteiger partial charge in [-0.1, -0.05) is 49.4 Å². The highest BCUT2D eigenvalue weighted by molar-refractivity contribution is 5.80. The molecule has 3 aromatic carbocycles. The van der Waals surface area contributed by atoms with Gasteiger partial charge in [0.15, 0.2) is 11.6 Å². The lowest BCUT2D eigenvalue weighted by Gasteiger charge is -2.21. The molecule has 172 valence electrons. The third-order valence-corrected chi connectivity index (χ3v) is 5.68. The van der Waals surface area contributed by atoms with Gasteiger partial charge in [0.05, 0.1) is 37.2 Å². The fourth-order valence-electron chi connectivity index (χ4n) is 3.90. The van der Waals surface area contributed by atoms with E-state index in [-0.39, 0.29) is 5.56 Å². The van der Waals surface area contributed by atoms with Gasteiger partial charge in [0.2, 0.25) is 0 Å². The Balaban J connectivity index is 1.25. The maximum absolute atomic E-state index is 14.2. The normalized spacial score (nSPS) is 12.6. The first-order chi connectivity index (χ1) is 16.6. The monoisotopic (exact) mass is 458 g/mol. The van der Waals surface area contributed by atoms with E-state index in [9.17, 15) is 8.78 Å². The largest absolute Gasteiger partial charge is 0.494 e. The fourth-order valence-corrected chi connectivity index (χ4v) is 3.90. The van der Waals surface area contributed by atoms with Gasteiger partial charge in [0.25, 0.3) is 0 Å². The number of aromatic amines is 1. The summed E-state index contributed by atoms with van der Waals surface area (Å²) in [5.74, 6) is -0.630. The third-order valence-electron chi connectivity index (χ3n) is 5.68. The Bertz CT molecular complexity index is 1310. The molecule has 0 aliphatic carbocycles. The van der Waals surface area contributed by atoms with Crippen molar-refractivity contribution in [1.82, 2.24) is 15.0 Å². The van der Waals surface area contributed by atoms with Crippen molar-refractivity contribution in [3.05, 3.63) is 95.3 Å². The minimum Gasteiger partial charge on any atom is -0.494 e. The van der Waals surface area contributed by atoms with Crippen molar-refractivity contribution in [3.63, 3.8) is 0 Å². The zero-order chi connectivity index (χ0) is 23.5. The highest BCUT2D eigenvalue weighted by Gasteiger charge is 2.20. The molecule has 0 fully saturated rings. The maximum Gasteiger partial charge on any atom is 0.169 e. The average Bonchev–Trinajstić information content (AvgIpc) is 3.28. The average molecular weight is 459 g/mol. The molecule has 2 heterocycles. The minimum atomic E-state index is -0.911. The molecule has 0 spiro atoms. The summed E-state index contributed by atoms with van der Waals surface area (Å²) >= 11 is 0. The predicted octanol–water partition coefficient (Wildman–Crippen LogP) is 6.16. The summed E-state index contributed by atoms with van der Waals surface area (Å²) < 4.78 is 33.4. The van der Waals surface area contributed by atoms with Gasteiger partial charge < -0.3 is 9.72 Å². The number of H-pyrrole nitrogens is 1. The molecule has 1 aliphatic rings. The summed E-state index contributed by atoms with van der Waals surface area (Å²) in [5.41, 5.74) is 4.93. The van der Waals surface area contributed by atoms with Crippen LogP contribution in [0, 0.1) is 11.6 Å². The van der Waals surface area contributed by atoms with Crippen LogP contribution in [0.5, 0.6) is 5.75 Å². The lowest BCUT2D eigenvalue weighted by molar-refractivity contribution is 0.265. The van der Waals surface area contributed by atoms with E-state index in [2.05, 4.69) is 58.4 Å². The number of aromatic nitrogens is 2. The number of ether oxygens (including phenoxy) is 1. The van der Waals surface area contributed by atoms with Crippen molar-refractivity contribution >= 4 is 6.21 Å². The summed E-state index contributed by atoms with van der Waals surface area (Å²) in [7, 11) is 0. The Labute approximate surface area is 196 Å². The number of imidazole rings is 1. The Morgan fingerprint density at radius 2 is 1.71 bits per heavy atom. The van der Waals surface area contributed by atoms with E-state index in [0.717, 1.165) is 47.2 Å². The van der Waals surface area contributed by atoms with E-state index < -0.39 is 11.6 Å². The number of nitrogens with one attached hydrogen (secondary N) is 1. The SMILES string of the molecule is CCCOc1ccc(-c2ccc(CN3Cc4[nH]c(-c5cccc(F)c5F)nc4C=N3)cc2)cc1. The molecule has 0 amide bonds. The molecule has 1 N–H and O–H groups in total.